The van der Waals surface area contributed by atoms with Gasteiger partial charge in [0.25, 0.3) is 5.91 Å². The van der Waals surface area contributed by atoms with E-state index < -0.39 is 0 Å². The Hall–Kier alpha value is -1.40. The van der Waals surface area contributed by atoms with Crippen molar-refractivity contribution in [1.29, 1.82) is 0 Å². The Morgan fingerprint density at radius 3 is 3.07 bits per heavy atom. The van der Waals surface area contributed by atoms with Gasteiger partial charge in [0.05, 0.1) is 0 Å². The van der Waals surface area contributed by atoms with Crippen LogP contribution in [-0.2, 0) is 23.1 Å². The molecule has 1 aromatic rings. The lowest BCUT2D eigenvalue weighted by molar-refractivity contribution is -0.120. The third kappa shape index (κ3) is 3.34. The molecule has 1 aromatic heterocycles. The molecule has 1 amide bonds. The SMILES string of the molecule is CCOCC(=O)Nc1nn(C)cc1CN. The standard InChI is InChI=1S/C9H16N4O2/c1-3-15-6-8(14)11-9-7(4-10)5-13(2)12-9/h5H,3-4,6,10H2,1-2H3,(H,11,12,14). The Morgan fingerprint density at radius 2 is 2.47 bits per heavy atom. The summed E-state index contributed by atoms with van der Waals surface area (Å²) in [4.78, 5) is 11.3. The van der Waals surface area contributed by atoms with Crippen molar-refractivity contribution in [2.24, 2.45) is 12.8 Å². The lowest BCUT2D eigenvalue weighted by Crippen LogP contribution is -2.19. The van der Waals surface area contributed by atoms with E-state index >= 15 is 0 Å². The van der Waals surface area contributed by atoms with Crippen molar-refractivity contribution < 1.29 is 9.53 Å². The van der Waals surface area contributed by atoms with Gasteiger partial charge in [-0.3, -0.25) is 9.48 Å². The van der Waals surface area contributed by atoms with Gasteiger partial charge in [-0.15, -0.1) is 0 Å². The maximum Gasteiger partial charge on any atom is 0.251 e. The third-order valence-electron chi connectivity index (χ3n) is 1.82. The third-order valence-corrected chi connectivity index (χ3v) is 1.82. The fraction of sp³-hybridized carbons (Fsp3) is 0.556. The summed E-state index contributed by atoms with van der Waals surface area (Å²) in [7, 11) is 1.78. The van der Waals surface area contributed by atoms with Gasteiger partial charge in [-0.05, 0) is 6.92 Å². The van der Waals surface area contributed by atoms with E-state index in [9.17, 15) is 4.79 Å². The number of rotatable bonds is 5. The summed E-state index contributed by atoms with van der Waals surface area (Å²) < 4.78 is 6.58. The van der Waals surface area contributed by atoms with E-state index in [2.05, 4.69) is 10.4 Å². The maximum atomic E-state index is 11.3. The topological polar surface area (TPSA) is 82.2 Å². The smallest absolute Gasteiger partial charge is 0.251 e. The Balaban J connectivity index is 2.59. The van der Waals surface area contributed by atoms with Crippen molar-refractivity contribution in [3.8, 4) is 0 Å². The second-order valence-electron chi connectivity index (χ2n) is 3.07. The van der Waals surface area contributed by atoms with Gasteiger partial charge in [-0.25, -0.2) is 0 Å². The molecule has 0 fully saturated rings. The van der Waals surface area contributed by atoms with E-state index in [0.29, 0.717) is 19.0 Å². The second kappa shape index (κ2) is 5.47. The van der Waals surface area contributed by atoms with Crippen molar-refractivity contribution >= 4 is 11.7 Å². The van der Waals surface area contributed by atoms with Gasteiger partial charge in [-0.2, -0.15) is 5.10 Å². The molecule has 0 aliphatic carbocycles. The summed E-state index contributed by atoms with van der Waals surface area (Å²) in [6.45, 7) is 2.73. The van der Waals surface area contributed by atoms with Gasteiger partial charge < -0.3 is 15.8 Å². The van der Waals surface area contributed by atoms with Crippen LogP contribution in [-0.4, -0.2) is 28.9 Å². The summed E-state index contributed by atoms with van der Waals surface area (Å²) in [5.41, 5.74) is 6.31. The fourth-order valence-electron chi connectivity index (χ4n) is 1.16. The van der Waals surface area contributed by atoms with Crippen LogP contribution in [0.1, 0.15) is 12.5 Å². The minimum absolute atomic E-state index is 0.0388. The van der Waals surface area contributed by atoms with E-state index in [1.54, 1.807) is 17.9 Å². The highest BCUT2D eigenvalue weighted by Gasteiger charge is 2.09. The van der Waals surface area contributed by atoms with E-state index in [1.165, 1.54) is 0 Å². The highest BCUT2D eigenvalue weighted by molar-refractivity contribution is 5.91. The Kier molecular flexibility index (Phi) is 4.26. The van der Waals surface area contributed by atoms with E-state index in [-0.39, 0.29) is 12.5 Å². The zero-order valence-electron chi connectivity index (χ0n) is 8.99. The highest BCUT2D eigenvalue weighted by Crippen LogP contribution is 2.10. The Morgan fingerprint density at radius 1 is 1.73 bits per heavy atom. The molecular formula is C9H16N4O2. The molecule has 1 heterocycles. The van der Waals surface area contributed by atoms with Crippen LogP contribution in [0.2, 0.25) is 0 Å². The minimum atomic E-state index is -0.217. The largest absolute Gasteiger partial charge is 0.372 e. The predicted molar refractivity (Wildman–Crippen MR) is 56.2 cm³/mol. The molecule has 0 bridgehead atoms. The molecule has 1 rings (SSSR count). The number of ether oxygens (including phenoxy) is 1. The molecule has 0 saturated heterocycles. The normalized spacial score (nSPS) is 10.3. The van der Waals surface area contributed by atoms with Crippen molar-refractivity contribution in [3.63, 3.8) is 0 Å². The van der Waals surface area contributed by atoms with Crippen LogP contribution in [0, 0.1) is 0 Å². The minimum Gasteiger partial charge on any atom is -0.372 e. The van der Waals surface area contributed by atoms with Crippen molar-refractivity contribution in [2.75, 3.05) is 18.5 Å². The molecule has 0 atom stereocenters. The summed E-state index contributed by atoms with van der Waals surface area (Å²) in [6, 6.07) is 0. The first-order valence-electron chi connectivity index (χ1n) is 4.77. The molecule has 0 aliphatic heterocycles. The zero-order valence-corrected chi connectivity index (χ0v) is 8.99. The number of aryl methyl sites for hydroxylation is 1. The summed E-state index contributed by atoms with van der Waals surface area (Å²) in [6.07, 6.45) is 1.77. The monoisotopic (exact) mass is 212 g/mol. The molecule has 0 aliphatic rings. The number of nitrogens with one attached hydrogen (secondary N) is 1. The quantitative estimate of drug-likeness (QED) is 0.711. The molecule has 15 heavy (non-hydrogen) atoms. The van der Waals surface area contributed by atoms with Crippen molar-refractivity contribution in [3.05, 3.63) is 11.8 Å². The zero-order chi connectivity index (χ0) is 11.3. The number of anilines is 1. The number of carbonyl (C=O) groups is 1. The van der Waals surface area contributed by atoms with Crippen molar-refractivity contribution in [2.45, 2.75) is 13.5 Å². The molecule has 0 unspecified atom stereocenters. The Labute approximate surface area is 88.4 Å². The molecule has 0 saturated carbocycles. The van der Waals surface area contributed by atoms with Crippen molar-refractivity contribution in [1.82, 2.24) is 9.78 Å². The average Bonchev–Trinajstić information content (AvgIpc) is 2.55. The lowest BCUT2D eigenvalue weighted by atomic mass is 10.3. The van der Waals surface area contributed by atoms with Crippen LogP contribution in [0.15, 0.2) is 6.20 Å². The number of aromatic nitrogens is 2. The number of carbonyl (C=O) groups excluding carboxylic acids is 1. The van der Waals surface area contributed by atoms with Crippen LogP contribution in [0.5, 0.6) is 0 Å². The molecule has 84 valence electrons. The molecule has 6 heteroatoms. The van der Waals surface area contributed by atoms with E-state index in [1.807, 2.05) is 6.92 Å². The number of nitrogens with zero attached hydrogens (tertiary/aromatic N) is 2. The lowest BCUT2D eigenvalue weighted by Gasteiger charge is -2.03. The molecule has 0 radical (unpaired) electrons. The second-order valence-corrected chi connectivity index (χ2v) is 3.07. The summed E-state index contributed by atoms with van der Waals surface area (Å²) in [5.74, 6) is 0.287. The van der Waals surface area contributed by atoms with E-state index in [4.69, 9.17) is 10.5 Å². The van der Waals surface area contributed by atoms with Gasteiger partial charge >= 0.3 is 0 Å². The maximum absolute atomic E-state index is 11.3. The van der Waals surface area contributed by atoms with Crippen LogP contribution in [0.4, 0.5) is 5.82 Å². The number of hydrogen-bond donors (Lipinski definition) is 2. The first-order chi connectivity index (χ1) is 7.17. The first kappa shape index (κ1) is 11.7. The Bertz CT molecular complexity index is 335. The number of nitrogens with two attached hydrogens (primary N) is 1. The van der Waals surface area contributed by atoms with Crippen LogP contribution < -0.4 is 11.1 Å². The molecule has 3 N–H and O–H groups in total. The number of hydrogen-bond acceptors (Lipinski definition) is 4. The summed E-state index contributed by atoms with van der Waals surface area (Å²) in [5, 5.41) is 6.72. The number of amides is 1. The molecule has 0 spiro atoms. The highest BCUT2D eigenvalue weighted by atomic mass is 16.5. The molecule has 6 nitrogen and oxygen atoms in total. The molecular weight excluding hydrogens is 196 g/mol. The summed E-state index contributed by atoms with van der Waals surface area (Å²) >= 11 is 0. The van der Waals surface area contributed by atoms with Gasteiger partial charge in [0.1, 0.15) is 6.61 Å². The average molecular weight is 212 g/mol. The van der Waals surface area contributed by atoms with Gasteiger partial charge in [0, 0.05) is 32.0 Å². The van der Waals surface area contributed by atoms with Crippen LogP contribution >= 0.6 is 0 Å². The van der Waals surface area contributed by atoms with Crippen LogP contribution in [0.25, 0.3) is 0 Å². The van der Waals surface area contributed by atoms with Gasteiger partial charge in [-0.1, -0.05) is 0 Å². The first-order valence-corrected chi connectivity index (χ1v) is 4.77. The van der Waals surface area contributed by atoms with Gasteiger partial charge in [0.15, 0.2) is 5.82 Å². The van der Waals surface area contributed by atoms with Gasteiger partial charge in [0.2, 0.25) is 0 Å². The van der Waals surface area contributed by atoms with E-state index in [0.717, 1.165) is 5.56 Å². The molecule has 0 aromatic carbocycles. The van der Waals surface area contributed by atoms with Crippen LogP contribution in [0.3, 0.4) is 0 Å². The fourth-order valence-corrected chi connectivity index (χ4v) is 1.16. The predicted octanol–water partition coefficient (Wildman–Crippen LogP) is -0.146.